The van der Waals surface area contributed by atoms with Crippen molar-refractivity contribution in [1.82, 2.24) is 0 Å². The van der Waals surface area contributed by atoms with E-state index in [-0.39, 0.29) is 28.7 Å². The second-order valence-electron chi connectivity index (χ2n) is 13.7. The average molecular weight is 726 g/mol. The van der Waals surface area contributed by atoms with E-state index in [4.69, 9.17) is 18.9 Å². The Bertz CT molecular complexity index is 1860. The van der Waals surface area contributed by atoms with Crippen molar-refractivity contribution in [1.29, 1.82) is 0 Å². The third-order valence-electron chi connectivity index (χ3n) is 10.2. The summed E-state index contributed by atoms with van der Waals surface area (Å²) >= 11 is 0. The van der Waals surface area contributed by atoms with Gasteiger partial charge in [-0.3, -0.25) is 19.2 Å². The molecule has 0 unspecified atom stereocenters. The highest BCUT2D eigenvalue weighted by molar-refractivity contribution is 6.23. The number of hydrogen-bond acceptors (Lipinski definition) is 13. The summed E-state index contributed by atoms with van der Waals surface area (Å²) in [6.07, 6.45) is 3.41. The molecule has 3 aliphatic rings. The zero-order valence-electron chi connectivity index (χ0n) is 30.6. The van der Waals surface area contributed by atoms with Crippen LogP contribution in [-0.2, 0) is 23.8 Å². The summed E-state index contributed by atoms with van der Waals surface area (Å²) in [4.78, 5) is 51.8. The second-order valence-corrected chi connectivity index (χ2v) is 13.7. The summed E-state index contributed by atoms with van der Waals surface area (Å²) in [5.41, 5.74) is -1.27. The van der Waals surface area contributed by atoms with E-state index in [1.54, 1.807) is 33.8 Å². The SMILES string of the molecule is CO[C@@H]1/C=C\O[C@@]2(C)Oc3c(C)c(O)c4c(O)c(c(C=O)c(O)c4c3C2=O)NC(=O)/C(C)=C\C=C/[C@H](C)[C@H](O)[C@H](C)[C@H](O)[C@H](C)[C@H](OC(C)=O)[C@H]1C. The topological polar surface area (TPSA) is 218 Å². The first-order valence-corrected chi connectivity index (χ1v) is 16.9. The Labute approximate surface area is 301 Å². The van der Waals surface area contributed by atoms with Crippen LogP contribution in [-0.4, -0.2) is 86.8 Å². The van der Waals surface area contributed by atoms with Gasteiger partial charge in [-0.1, -0.05) is 45.9 Å². The van der Waals surface area contributed by atoms with E-state index >= 15 is 0 Å². The number of methoxy groups -OCH3 is 1. The van der Waals surface area contributed by atoms with E-state index in [1.807, 2.05) is 0 Å². The molecule has 0 aromatic heterocycles. The van der Waals surface area contributed by atoms with Crippen molar-refractivity contribution in [3.05, 3.63) is 52.8 Å². The van der Waals surface area contributed by atoms with Crippen LogP contribution in [0.1, 0.15) is 74.7 Å². The van der Waals surface area contributed by atoms with Crippen LogP contribution < -0.4 is 10.1 Å². The van der Waals surface area contributed by atoms with Crippen LogP contribution in [0.5, 0.6) is 23.0 Å². The lowest BCUT2D eigenvalue weighted by molar-refractivity contribution is -0.160. The molecular weight excluding hydrogens is 678 g/mol. The van der Waals surface area contributed by atoms with Crippen LogP contribution in [0.25, 0.3) is 10.8 Å². The van der Waals surface area contributed by atoms with Gasteiger partial charge in [0, 0.05) is 61.2 Å². The molecule has 52 heavy (non-hydrogen) atoms. The standard InChI is InChI=1S/C38H47NO13/c1-16-11-10-12-17(2)37(48)39-28-23(15-40)32(45)25-26(33(28)46)31(44)21(6)35-27(25)36(47)38(8,52-35)50-14-13-24(49-9)18(3)34(51-22(7)41)20(5)30(43)19(4)29(16)42/h10-16,18-20,24,29-30,34,42-46H,1-9H3,(H,39,48)/b11-10-,14-13-,17-12-/t16-,18-,19-,20-,24+,29-,30-,34+,38-/m0/s1. The number of aliphatic hydroxyl groups is 2. The monoisotopic (exact) mass is 725 g/mol. The van der Waals surface area contributed by atoms with Gasteiger partial charge in [-0.15, -0.1) is 0 Å². The number of amides is 1. The van der Waals surface area contributed by atoms with Gasteiger partial charge in [-0.05, 0) is 19.9 Å². The van der Waals surface area contributed by atoms with E-state index in [0.717, 1.165) is 6.26 Å². The van der Waals surface area contributed by atoms with E-state index in [2.05, 4.69) is 5.32 Å². The molecule has 5 bridgehead atoms. The first kappa shape index (κ1) is 39.9. The van der Waals surface area contributed by atoms with Crippen molar-refractivity contribution in [3.8, 4) is 23.0 Å². The molecule has 3 aliphatic heterocycles. The Morgan fingerprint density at radius 3 is 2.19 bits per heavy atom. The van der Waals surface area contributed by atoms with Gasteiger partial charge in [0.15, 0.2) is 12.0 Å². The first-order valence-electron chi connectivity index (χ1n) is 16.9. The van der Waals surface area contributed by atoms with Crippen molar-refractivity contribution in [2.45, 2.75) is 85.6 Å². The minimum atomic E-state index is -2.08. The number of esters is 1. The van der Waals surface area contributed by atoms with Gasteiger partial charge in [-0.2, -0.15) is 0 Å². The molecule has 2 aromatic rings. The number of hydrogen-bond donors (Lipinski definition) is 6. The summed E-state index contributed by atoms with van der Waals surface area (Å²) in [7, 11) is 1.41. The van der Waals surface area contributed by atoms with Crippen molar-refractivity contribution < 1.29 is 63.7 Å². The number of Topliss-reactive ketones (excluding diaryl/α,β-unsaturated/α-hetero) is 1. The number of aromatic hydroxyl groups is 3. The van der Waals surface area contributed by atoms with Gasteiger partial charge < -0.3 is 49.8 Å². The zero-order chi connectivity index (χ0) is 39.0. The van der Waals surface area contributed by atoms with E-state index in [9.17, 15) is 44.7 Å². The lowest BCUT2D eigenvalue weighted by Crippen LogP contribution is -2.46. The minimum Gasteiger partial charge on any atom is -0.507 e. The molecule has 0 saturated heterocycles. The predicted molar refractivity (Wildman–Crippen MR) is 189 cm³/mol. The number of nitrogens with one attached hydrogen (secondary N) is 1. The van der Waals surface area contributed by atoms with Crippen LogP contribution >= 0.6 is 0 Å². The number of ketones is 1. The van der Waals surface area contributed by atoms with E-state index in [1.165, 1.54) is 53.0 Å². The highest BCUT2D eigenvalue weighted by Crippen LogP contribution is 2.55. The number of allylic oxidation sites excluding steroid dienone is 2. The number of phenols is 3. The number of rotatable bonds is 3. The normalized spacial score (nSPS) is 32.3. The van der Waals surface area contributed by atoms with Crippen LogP contribution in [0.4, 0.5) is 5.69 Å². The predicted octanol–water partition coefficient (Wildman–Crippen LogP) is 4.57. The third kappa shape index (κ3) is 7.10. The van der Waals surface area contributed by atoms with Gasteiger partial charge in [-0.25, -0.2) is 0 Å². The molecule has 1 amide bonds. The van der Waals surface area contributed by atoms with E-state index < -0.39 is 111 Å². The third-order valence-corrected chi connectivity index (χ3v) is 10.2. The number of carbonyl (C=O) groups is 4. The number of ether oxygens (including phenoxy) is 4. The van der Waals surface area contributed by atoms with Gasteiger partial charge in [0.1, 0.15) is 23.4 Å². The lowest BCUT2D eigenvalue weighted by Gasteiger charge is -2.38. The molecule has 3 heterocycles. The maximum Gasteiger partial charge on any atom is 0.312 e. The van der Waals surface area contributed by atoms with Gasteiger partial charge in [0.25, 0.3) is 11.7 Å². The van der Waals surface area contributed by atoms with Crippen molar-refractivity contribution in [2.24, 2.45) is 23.7 Å². The molecule has 0 aliphatic carbocycles. The van der Waals surface area contributed by atoms with Crippen molar-refractivity contribution in [3.63, 3.8) is 0 Å². The lowest BCUT2D eigenvalue weighted by atomic mass is 9.78. The quantitative estimate of drug-likeness (QED) is 0.111. The molecule has 6 N–H and O–H groups in total. The summed E-state index contributed by atoms with van der Waals surface area (Å²) in [5, 5.41) is 58.2. The Balaban J connectivity index is 1.93. The molecule has 0 fully saturated rings. The number of benzene rings is 2. The molecule has 0 saturated carbocycles. The number of anilines is 1. The fourth-order valence-electron chi connectivity index (χ4n) is 6.86. The molecule has 14 heteroatoms. The Morgan fingerprint density at radius 2 is 1.60 bits per heavy atom. The highest BCUT2D eigenvalue weighted by Gasteiger charge is 2.50. The van der Waals surface area contributed by atoms with Gasteiger partial charge >= 0.3 is 11.8 Å². The number of aldehydes is 1. The average Bonchev–Trinajstić information content (AvgIpc) is 3.36. The van der Waals surface area contributed by atoms with Gasteiger partial charge in [0.2, 0.25) is 0 Å². The van der Waals surface area contributed by atoms with Crippen LogP contribution in [0.3, 0.4) is 0 Å². The Hall–Kier alpha value is -4.92. The first-order chi connectivity index (χ1) is 24.3. The molecule has 14 nitrogen and oxygen atoms in total. The van der Waals surface area contributed by atoms with Gasteiger partial charge in [0.05, 0.1) is 46.8 Å². The Kier molecular flexibility index (Phi) is 11.8. The van der Waals surface area contributed by atoms with Crippen molar-refractivity contribution >= 4 is 40.4 Å². The summed E-state index contributed by atoms with van der Waals surface area (Å²) < 4.78 is 23.1. The van der Waals surface area contributed by atoms with Crippen molar-refractivity contribution in [2.75, 3.05) is 12.4 Å². The second kappa shape index (κ2) is 15.4. The zero-order valence-corrected chi connectivity index (χ0v) is 30.6. The molecule has 282 valence electrons. The molecule has 0 radical (unpaired) electrons. The molecule has 2 aromatic carbocycles. The highest BCUT2D eigenvalue weighted by atomic mass is 16.7. The molecule has 0 spiro atoms. The Morgan fingerprint density at radius 1 is 0.942 bits per heavy atom. The van der Waals surface area contributed by atoms with E-state index in [0.29, 0.717) is 0 Å². The summed E-state index contributed by atoms with van der Waals surface area (Å²) in [6.45, 7) is 12.2. The van der Waals surface area contributed by atoms with Crippen LogP contribution in [0.15, 0.2) is 36.1 Å². The molecule has 5 rings (SSSR count). The molecular formula is C38H47NO13. The maximum atomic E-state index is 14.0. The maximum absolute atomic E-state index is 14.0. The summed E-state index contributed by atoms with van der Waals surface area (Å²) in [5.74, 6) is -9.19. The summed E-state index contributed by atoms with van der Waals surface area (Å²) in [6, 6.07) is 0. The van der Waals surface area contributed by atoms with Crippen LogP contribution in [0.2, 0.25) is 0 Å². The smallest absolute Gasteiger partial charge is 0.312 e. The fraction of sp³-hybridized carbons (Fsp3) is 0.474. The number of fused-ring (bicyclic) bond motifs is 14. The minimum absolute atomic E-state index is 0.00425. The molecule has 9 atom stereocenters. The number of carbonyl (C=O) groups excluding carboxylic acids is 4. The number of aliphatic hydroxyl groups excluding tert-OH is 2. The fourth-order valence-corrected chi connectivity index (χ4v) is 6.86. The van der Waals surface area contributed by atoms with Crippen LogP contribution in [0, 0.1) is 30.6 Å². The number of phenolic OH excluding ortho intramolecular Hbond substituents is 3. The largest absolute Gasteiger partial charge is 0.507 e.